The first-order valence-corrected chi connectivity index (χ1v) is 9.75. The zero-order valence-electron chi connectivity index (χ0n) is 15.3. The highest BCUT2D eigenvalue weighted by Gasteiger charge is 2.52. The van der Waals surface area contributed by atoms with Gasteiger partial charge in [-0.15, -0.1) is 12.3 Å². The Morgan fingerprint density at radius 1 is 1.04 bits per heavy atom. The number of benzene rings is 2. The van der Waals surface area contributed by atoms with Crippen molar-refractivity contribution < 1.29 is 9.53 Å². The van der Waals surface area contributed by atoms with E-state index < -0.39 is 0 Å². The molecule has 0 saturated heterocycles. The van der Waals surface area contributed by atoms with Crippen LogP contribution in [0.15, 0.2) is 48.5 Å². The molecule has 0 heterocycles. The molecule has 0 radical (unpaired) electrons. The van der Waals surface area contributed by atoms with Crippen LogP contribution in [0.5, 0.6) is 0 Å². The first kappa shape index (κ1) is 16.4. The molecule has 2 fully saturated rings. The van der Waals surface area contributed by atoms with Gasteiger partial charge in [-0.1, -0.05) is 48.5 Å². The summed E-state index contributed by atoms with van der Waals surface area (Å²) in [4.78, 5) is 12.3. The number of nitrogens with one attached hydrogen (secondary N) is 1. The zero-order valence-corrected chi connectivity index (χ0v) is 15.3. The number of rotatable bonds is 3. The number of hydrogen-bond acceptors (Lipinski definition) is 2. The van der Waals surface area contributed by atoms with E-state index in [1.807, 2.05) is 12.1 Å². The molecule has 2 aromatic rings. The molecule has 3 heteroatoms. The van der Waals surface area contributed by atoms with Crippen LogP contribution < -0.4 is 5.32 Å². The predicted octanol–water partition coefficient (Wildman–Crippen LogP) is 4.72. The van der Waals surface area contributed by atoms with Crippen LogP contribution in [-0.4, -0.2) is 18.7 Å². The van der Waals surface area contributed by atoms with Gasteiger partial charge in [0, 0.05) is 17.9 Å². The SMILES string of the molecule is C#CC1CC2(C1)CC(NC(=O)OCC1c3ccccc3-c3ccccc31)C2. The Labute approximate surface area is 160 Å². The third kappa shape index (κ3) is 2.72. The standard InChI is InChI=1S/C24H23NO2/c1-2-16-11-24(12-16)13-17(14-24)25-23(26)27-15-22-20-9-5-3-7-18(20)19-8-4-6-10-21(19)22/h1,3-10,16-17,22H,11-15H2,(H,25,26). The van der Waals surface area contributed by atoms with Crippen LogP contribution in [0.25, 0.3) is 11.1 Å². The Bertz CT molecular complexity index is 882. The number of amides is 1. The maximum atomic E-state index is 12.3. The van der Waals surface area contributed by atoms with Crippen LogP contribution in [0, 0.1) is 23.7 Å². The molecule has 1 N–H and O–H groups in total. The van der Waals surface area contributed by atoms with Crippen LogP contribution in [0.2, 0.25) is 0 Å². The number of alkyl carbamates (subject to hydrolysis) is 1. The number of ether oxygens (including phenoxy) is 1. The molecule has 0 unspecified atom stereocenters. The molecule has 0 aliphatic heterocycles. The molecule has 0 atom stereocenters. The minimum absolute atomic E-state index is 0.110. The highest BCUT2D eigenvalue weighted by molar-refractivity contribution is 5.79. The van der Waals surface area contributed by atoms with Crippen molar-refractivity contribution in [1.82, 2.24) is 5.32 Å². The lowest BCUT2D eigenvalue weighted by Crippen LogP contribution is -2.56. The highest BCUT2D eigenvalue weighted by Crippen LogP contribution is 2.58. The molecule has 136 valence electrons. The van der Waals surface area contributed by atoms with Crippen LogP contribution in [-0.2, 0) is 4.74 Å². The van der Waals surface area contributed by atoms with Gasteiger partial charge in [0.25, 0.3) is 0 Å². The topological polar surface area (TPSA) is 38.3 Å². The molecule has 2 saturated carbocycles. The molecule has 1 amide bonds. The molecular weight excluding hydrogens is 334 g/mol. The molecule has 3 aliphatic carbocycles. The molecular formula is C24H23NO2. The lowest BCUT2D eigenvalue weighted by Gasteiger charge is -2.56. The largest absolute Gasteiger partial charge is 0.449 e. The summed E-state index contributed by atoms with van der Waals surface area (Å²) in [5, 5.41) is 3.03. The smallest absolute Gasteiger partial charge is 0.407 e. The van der Waals surface area contributed by atoms with E-state index in [9.17, 15) is 4.79 Å². The molecule has 3 aliphatic rings. The van der Waals surface area contributed by atoms with Crippen molar-refractivity contribution in [1.29, 1.82) is 0 Å². The summed E-state index contributed by atoms with van der Waals surface area (Å²) in [7, 11) is 0. The third-order valence-corrected chi connectivity index (χ3v) is 6.62. The Hall–Kier alpha value is -2.73. The molecule has 1 spiro atoms. The summed E-state index contributed by atoms with van der Waals surface area (Å²) in [6.45, 7) is 0.372. The number of carbonyl (C=O) groups excluding carboxylic acids is 1. The quantitative estimate of drug-likeness (QED) is 0.808. The fraction of sp³-hybridized carbons (Fsp3) is 0.375. The number of terminal acetylenes is 1. The van der Waals surface area contributed by atoms with Gasteiger partial charge in [-0.2, -0.15) is 0 Å². The Balaban J connectivity index is 1.19. The minimum atomic E-state index is -0.301. The van der Waals surface area contributed by atoms with Gasteiger partial charge in [0.15, 0.2) is 0 Å². The van der Waals surface area contributed by atoms with Gasteiger partial charge in [-0.25, -0.2) is 4.79 Å². The minimum Gasteiger partial charge on any atom is -0.449 e. The van der Waals surface area contributed by atoms with Crippen LogP contribution >= 0.6 is 0 Å². The van der Waals surface area contributed by atoms with E-state index in [0.29, 0.717) is 17.9 Å². The molecule has 0 aromatic heterocycles. The van der Waals surface area contributed by atoms with Crippen molar-refractivity contribution in [2.75, 3.05) is 6.61 Å². The second-order valence-corrected chi connectivity index (χ2v) is 8.35. The van der Waals surface area contributed by atoms with E-state index in [0.717, 1.165) is 25.7 Å². The molecule has 5 rings (SSSR count). The summed E-state index contributed by atoms with van der Waals surface area (Å²) in [5.41, 5.74) is 5.37. The van der Waals surface area contributed by atoms with Crippen LogP contribution in [0.4, 0.5) is 4.79 Å². The highest BCUT2D eigenvalue weighted by atomic mass is 16.5. The Kier molecular flexibility index (Phi) is 3.75. The van der Waals surface area contributed by atoms with Crippen molar-refractivity contribution in [2.45, 2.75) is 37.6 Å². The van der Waals surface area contributed by atoms with Gasteiger partial charge in [0.05, 0.1) is 0 Å². The average Bonchev–Trinajstić information content (AvgIpc) is 2.95. The Morgan fingerprint density at radius 2 is 1.63 bits per heavy atom. The maximum Gasteiger partial charge on any atom is 0.407 e. The Morgan fingerprint density at radius 3 is 2.22 bits per heavy atom. The average molecular weight is 357 g/mol. The summed E-state index contributed by atoms with van der Waals surface area (Å²) in [5.74, 6) is 3.39. The van der Waals surface area contributed by atoms with Crippen LogP contribution in [0.3, 0.4) is 0 Å². The monoisotopic (exact) mass is 357 g/mol. The van der Waals surface area contributed by atoms with Gasteiger partial charge in [0.1, 0.15) is 6.61 Å². The summed E-state index contributed by atoms with van der Waals surface area (Å²) >= 11 is 0. The number of fused-ring (bicyclic) bond motifs is 3. The van der Waals surface area contributed by atoms with Crippen LogP contribution in [0.1, 0.15) is 42.7 Å². The van der Waals surface area contributed by atoms with Crippen molar-refractivity contribution in [2.24, 2.45) is 11.3 Å². The van der Waals surface area contributed by atoms with E-state index in [2.05, 4.69) is 47.6 Å². The summed E-state index contributed by atoms with van der Waals surface area (Å²) in [6.07, 6.45) is 9.48. The van der Waals surface area contributed by atoms with Crippen molar-refractivity contribution in [3.05, 3.63) is 59.7 Å². The van der Waals surface area contributed by atoms with E-state index in [1.165, 1.54) is 22.3 Å². The van der Waals surface area contributed by atoms with E-state index in [1.54, 1.807) is 0 Å². The summed E-state index contributed by atoms with van der Waals surface area (Å²) < 4.78 is 5.63. The lowest BCUT2D eigenvalue weighted by atomic mass is 9.50. The van der Waals surface area contributed by atoms with Gasteiger partial charge >= 0.3 is 6.09 Å². The van der Waals surface area contributed by atoms with Gasteiger partial charge in [0.2, 0.25) is 0 Å². The molecule has 0 bridgehead atoms. The fourth-order valence-corrected chi connectivity index (χ4v) is 5.33. The van der Waals surface area contributed by atoms with Crippen molar-refractivity contribution >= 4 is 6.09 Å². The predicted molar refractivity (Wildman–Crippen MR) is 105 cm³/mol. The molecule has 27 heavy (non-hydrogen) atoms. The number of hydrogen-bond donors (Lipinski definition) is 1. The normalized spacial score (nSPS) is 27.7. The van der Waals surface area contributed by atoms with E-state index in [-0.39, 0.29) is 18.1 Å². The third-order valence-electron chi connectivity index (χ3n) is 6.62. The zero-order chi connectivity index (χ0) is 18.4. The molecule has 2 aromatic carbocycles. The van der Waals surface area contributed by atoms with Gasteiger partial charge < -0.3 is 10.1 Å². The summed E-state index contributed by atoms with van der Waals surface area (Å²) in [6, 6.07) is 17.0. The van der Waals surface area contributed by atoms with Gasteiger partial charge in [-0.3, -0.25) is 0 Å². The second kappa shape index (κ2) is 6.16. The second-order valence-electron chi connectivity index (χ2n) is 8.35. The maximum absolute atomic E-state index is 12.3. The lowest BCUT2D eigenvalue weighted by molar-refractivity contribution is -0.0281. The fourth-order valence-electron chi connectivity index (χ4n) is 5.33. The van der Waals surface area contributed by atoms with E-state index in [4.69, 9.17) is 11.2 Å². The molecule has 3 nitrogen and oxygen atoms in total. The first-order valence-electron chi connectivity index (χ1n) is 9.75. The first-order chi connectivity index (χ1) is 13.2. The van der Waals surface area contributed by atoms with Gasteiger partial charge in [-0.05, 0) is 53.4 Å². The van der Waals surface area contributed by atoms with Crippen molar-refractivity contribution in [3.63, 3.8) is 0 Å². The number of carbonyl (C=O) groups is 1. The van der Waals surface area contributed by atoms with Crippen molar-refractivity contribution in [3.8, 4) is 23.5 Å². The van der Waals surface area contributed by atoms with E-state index >= 15 is 0 Å².